The zero-order chi connectivity index (χ0) is 21.4. The molecule has 0 saturated heterocycles. The van der Waals surface area contributed by atoms with E-state index in [0.29, 0.717) is 51.2 Å². The molecule has 2 aliphatic heterocycles. The van der Waals surface area contributed by atoms with Gasteiger partial charge in [0.15, 0.2) is 0 Å². The molecule has 0 unspecified atom stereocenters. The van der Waals surface area contributed by atoms with Crippen LogP contribution in [0.5, 0.6) is 0 Å². The maximum atomic E-state index is 13.6. The molecular formula is C24H23FN2O4. The lowest BCUT2D eigenvalue weighted by molar-refractivity contribution is -0.130. The van der Waals surface area contributed by atoms with Crippen LogP contribution in [0.25, 0.3) is 0 Å². The fourth-order valence-corrected chi connectivity index (χ4v) is 4.59. The number of rotatable bonds is 0. The molecule has 0 N–H and O–H groups in total. The van der Waals surface area contributed by atoms with E-state index in [1.165, 1.54) is 12.1 Å². The summed E-state index contributed by atoms with van der Waals surface area (Å²) in [5.41, 5.74) is 2.34. The van der Waals surface area contributed by atoms with Gasteiger partial charge in [-0.05, 0) is 48.1 Å². The molecule has 1 amide bonds. The first kappa shape index (κ1) is 19.7. The highest BCUT2D eigenvalue weighted by molar-refractivity contribution is 6.02. The van der Waals surface area contributed by atoms with Crippen LogP contribution in [0.4, 0.5) is 4.39 Å². The fraction of sp³-hybridized carbons (Fsp3) is 0.375. The van der Waals surface area contributed by atoms with Gasteiger partial charge in [0.1, 0.15) is 5.82 Å². The lowest BCUT2D eigenvalue weighted by atomic mass is 10.0. The third kappa shape index (κ3) is 3.69. The average molecular weight is 422 g/mol. The van der Waals surface area contributed by atoms with Crippen molar-refractivity contribution in [2.45, 2.75) is 37.7 Å². The predicted molar refractivity (Wildman–Crippen MR) is 111 cm³/mol. The van der Waals surface area contributed by atoms with Gasteiger partial charge in [0.2, 0.25) is 5.60 Å². The Morgan fingerprint density at radius 2 is 1.71 bits per heavy atom. The highest BCUT2D eigenvalue weighted by Gasteiger charge is 2.51. The molecule has 0 aromatic heterocycles. The molecule has 3 aliphatic rings. The molecule has 2 aromatic carbocycles. The molecule has 5 rings (SSSR count). The number of carbonyl (C=O) groups excluding carboxylic acids is 2. The minimum absolute atomic E-state index is 0.198. The molecule has 160 valence electrons. The maximum Gasteiger partial charge on any atom is 0.338 e. The highest BCUT2D eigenvalue weighted by atomic mass is 19.1. The Balaban J connectivity index is 1.32. The van der Waals surface area contributed by atoms with Crippen LogP contribution in [-0.4, -0.2) is 48.1 Å². The lowest BCUT2D eigenvalue weighted by Gasteiger charge is -2.27. The lowest BCUT2D eigenvalue weighted by Crippen LogP contribution is -2.42. The summed E-state index contributed by atoms with van der Waals surface area (Å²) >= 11 is 0. The number of fused-ring (bicyclic) bond motifs is 2. The second-order valence-electron chi connectivity index (χ2n) is 8.30. The van der Waals surface area contributed by atoms with E-state index in [1.807, 2.05) is 29.2 Å². The van der Waals surface area contributed by atoms with Gasteiger partial charge in [0.25, 0.3) is 11.9 Å². The Hall–Kier alpha value is -3.22. The summed E-state index contributed by atoms with van der Waals surface area (Å²) < 4.78 is 25.2. The smallest absolute Gasteiger partial charge is 0.338 e. The zero-order valence-corrected chi connectivity index (χ0v) is 17.1. The molecular weight excluding hydrogens is 399 g/mol. The van der Waals surface area contributed by atoms with Crippen molar-refractivity contribution in [3.05, 3.63) is 70.5 Å². The molecule has 0 radical (unpaired) electrons. The zero-order valence-electron chi connectivity index (χ0n) is 17.1. The summed E-state index contributed by atoms with van der Waals surface area (Å²) in [5.74, 6) is -1.20. The van der Waals surface area contributed by atoms with Gasteiger partial charge in [-0.3, -0.25) is 4.79 Å². The van der Waals surface area contributed by atoms with Crippen molar-refractivity contribution in [1.29, 1.82) is 0 Å². The molecule has 0 bridgehead atoms. The monoisotopic (exact) mass is 422 g/mol. The highest BCUT2D eigenvalue weighted by Crippen LogP contribution is 2.37. The van der Waals surface area contributed by atoms with Crippen molar-refractivity contribution in [2.24, 2.45) is 4.99 Å². The third-order valence-corrected chi connectivity index (χ3v) is 6.19. The first-order valence-electron chi connectivity index (χ1n) is 10.6. The van der Waals surface area contributed by atoms with E-state index in [9.17, 15) is 14.0 Å². The number of hydrogen-bond donors (Lipinski definition) is 0. The SMILES string of the molecule is O=C1OCCCN(C2=NC(=O)C3(Cc4ccccc4C3)O2)CCCc2ccc(F)cc21. The Morgan fingerprint density at radius 3 is 2.48 bits per heavy atom. The number of esters is 1. The molecule has 1 spiro atoms. The number of benzene rings is 2. The molecule has 0 fully saturated rings. The van der Waals surface area contributed by atoms with Crippen LogP contribution in [0, 0.1) is 5.82 Å². The van der Waals surface area contributed by atoms with Crippen molar-refractivity contribution in [3.8, 4) is 0 Å². The van der Waals surface area contributed by atoms with Crippen molar-refractivity contribution < 1.29 is 23.5 Å². The number of ether oxygens (including phenoxy) is 2. The Bertz CT molecular complexity index is 1060. The van der Waals surface area contributed by atoms with Gasteiger partial charge < -0.3 is 14.4 Å². The minimum atomic E-state index is -0.943. The van der Waals surface area contributed by atoms with Crippen molar-refractivity contribution >= 4 is 17.9 Å². The standard InChI is InChI=1S/C24H23FN2O4/c25-19-9-8-16-7-3-10-27(11-4-12-30-21(28)20(16)13-19)23-26-22(29)24(31-23)14-17-5-1-2-6-18(17)15-24/h1-2,5-6,8-9,13H,3-4,7,10-12,14-15H2. The number of nitrogens with zero attached hydrogens (tertiary/aromatic N) is 2. The molecule has 0 atom stereocenters. The summed E-state index contributed by atoms with van der Waals surface area (Å²) in [6.07, 6.45) is 2.90. The van der Waals surface area contributed by atoms with Gasteiger partial charge >= 0.3 is 5.97 Å². The van der Waals surface area contributed by atoms with Crippen LogP contribution in [0.2, 0.25) is 0 Å². The van der Waals surface area contributed by atoms with E-state index in [2.05, 4.69) is 4.99 Å². The number of aliphatic imine (C=N–C) groups is 1. The van der Waals surface area contributed by atoms with Gasteiger partial charge in [-0.1, -0.05) is 30.3 Å². The molecule has 2 heterocycles. The first-order chi connectivity index (χ1) is 15.0. The number of aryl methyl sites for hydroxylation is 1. The first-order valence-corrected chi connectivity index (χ1v) is 10.6. The molecule has 0 saturated carbocycles. The van der Waals surface area contributed by atoms with Crippen LogP contribution in [0.1, 0.15) is 39.9 Å². The van der Waals surface area contributed by atoms with Crippen LogP contribution < -0.4 is 0 Å². The molecule has 6 nitrogen and oxygen atoms in total. The molecule has 7 heteroatoms. The van der Waals surface area contributed by atoms with E-state index in [1.54, 1.807) is 6.07 Å². The van der Waals surface area contributed by atoms with Crippen molar-refractivity contribution in [2.75, 3.05) is 19.7 Å². The van der Waals surface area contributed by atoms with E-state index >= 15 is 0 Å². The summed E-state index contributed by atoms with van der Waals surface area (Å²) in [5, 5.41) is 0. The van der Waals surface area contributed by atoms with Crippen molar-refractivity contribution in [3.63, 3.8) is 0 Å². The number of hydrogen-bond acceptors (Lipinski definition) is 5. The Kier molecular flexibility index (Phi) is 4.96. The normalized spacial score (nSPS) is 20.4. The van der Waals surface area contributed by atoms with Gasteiger partial charge in [-0.25, -0.2) is 9.18 Å². The van der Waals surface area contributed by atoms with Gasteiger partial charge in [0.05, 0.1) is 12.2 Å². The van der Waals surface area contributed by atoms with Crippen molar-refractivity contribution in [1.82, 2.24) is 4.90 Å². The minimum Gasteiger partial charge on any atom is -0.462 e. The van der Waals surface area contributed by atoms with Crippen LogP contribution in [0.3, 0.4) is 0 Å². The number of amides is 1. The predicted octanol–water partition coefficient (Wildman–Crippen LogP) is 3.07. The second kappa shape index (κ2) is 7.80. The van der Waals surface area contributed by atoms with Crippen LogP contribution in [0.15, 0.2) is 47.5 Å². The summed E-state index contributed by atoms with van der Waals surface area (Å²) in [6, 6.07) is 12.6. The van der Waals surface area contributed by atoms with Gasteiger partial charge in [0, 0.05) is 25.9 Å². The average Bonchev–Trinajstić information content (AvgIpc) is 3.28. The second-order valence-corrected chi connectivity index (χ2v) is 8.30. The van der Waals surface area contributed by atoms with E-state index in [-0.39, 0.29) is 18.1 Å². The topological polar surface area (TPSA) is 68.2 Å². The number of cyclic esters (lactones) is 1. The van der Waals surface area contributed by atoms with Gasteiger partial charge in [-0.15, -0.1) is 0 Å². The molecule has 31 heavy (non-hydrogen) atoms. The number of amidine groups is 1. The largest absolute Gasteiger partial charge is 0.462 e. The van der Waals surface area contributed by atoms with Crippen LogP contribution in [-0.2, 0) is 33.5 Å². The summed E-state index contributed by atoms with van der Waals surface area (Å²) in [7, 11) is 0. The Labute approximate surface area is 179 Å². The van der Waals surface area contributed by atoms with Gasteiger partial charge in [-0.2, -0.15) is 4.99 Å². The quantitative estimate of drug-likeness (QED) is 0.611. The maximum absolute atomic E-state index is 13.6. The summed E-state index contributed by atoms with van der Waals surface area (Å²) in [4.78, 5) is 31.4. The number of halogens is 1. The fourth-order valence-electron chi connectivity index (χ4n) is 4.59. The third-order valence-electron chi connectivity index (χ3n) is 6.19. The molecule has 2 aromatic rings. The van der Waals surface area contributed by atoms with Crippen LogP contribution >= 0.6 is 0 Å². The number of carbonyl (C=O) groups is 2. The Morgan fingerprint density at radius 1 is 0.968 bits per heavy atom. The van der Waals surface area contributed by atoms with E-state index in [4.69, 9.17) is 9.47 Å². The van der Waals surface area contributed by atoms with E-state index < -0.39 is 17.4 Å². The summed E-state index contributed by atoms with van der Waals surface area (Å²) in [6.45, 7) is 1.36. The molecule has 1 aliphatic carbocycles. The van der Waals surface area contributed by atoms with E-state index in [0.717, 1.165) is 16.7 Å².